The van der Waals surface area contributed by atoms with Crippen LogP contribution < -0.4 is 10.6 Å². The maximum Gasteiger partial charge on any atom is 0.251 e. The summed E-state index contributed by atoms with van der Waals surface area (Å²) in [5.74, 6) is 0.857. The Hall–Kier alpha value is -1.35. The van der Waals surface area contributed by atoms with Gasteiger partial charge in [0.05, 0.1) is 0 Å². The van der Waals surface area contributed by atoms with Crippen LogP contribution in [-0.2, 0) is 6.54 Å². The standard InChI is InChI=1S/C17H26N2O/c1-13-4-3-5-16(11-6-13)19-12-14-7-9-15(10-8-14)17(20)18-2/h7-10,13,16,19H,3-6,11-12H2,1-2H3,(H,18,20). The van der Waals surface area contributed by atoms with E-state index < -0.39 is 0 Å². The maximum atomic E-state index is 11.5. The monoisotopic (exact) mass is 274 g/mol. The molecular formula is C17H26N2O. The first kappa shape index (κ1) is 15.0. The molecule has 2 N–H and O–H groups in total. The molecule has 0 aliphatic heterocycles. The first-order valence-corrected chi connectivity index (χ1v) is 7.73. The lowest BCUT2D eigenvalue weighted by atomic mass is 10.0. The van der Waals surface area contributed by atoms with Crippen molar-refractivity contribution in [3.8, 4) is 0 Å². The first-order valence-electron chi connectivity index (χ1n) is 7.73. The van der Waals surface area contributed by atoms with Crippen LogP contribution in [0.4, 0.5) is 0 Å². The molecule has 0 heterocycles. The third-order valence-corrected chi connectivity index (χ3v) is 4.30. The lowest BCUT2D eigenvalue weighted by Crippen LogP contribution is -2.28. The molecule has 20 heavy (non-hydrogen) atoms. The molecule has 1 aromatic carbocycles. The highest BCUT2D eigenvalue weighted by Crippen LogP contribution is 2.22. The molecular weight excluding hydrogens is 248 g/mol. The second-order valence-electron chi connectivity index (χ2n) is 5.97. The van der Waals surface area contributed by atoms with Gasteiger partial charge in [0.2, 0.25) is 0 Å². The quantitative estimate of drug-likeness (QED) is 0.828. The van der Waals surface area contributed by atoms with Crippen LogP contribution in [0.3, 0.4) is 0 Å². The molecule has 3 heteroatoms. The van der Waals surface area contributed by atoms with Gasteiger partial charge in [0.15, 0.2) is 0 Å². The average molecular weight is 274 g/mol. The molecule has 1 saturated carbocycles. The molecule has 0 bridgehead atoms. The van der Waals surface area contributed by atoms with Gasteiger partial charge in [0.1, 0.15) is 0 Å². The summed E-state index contributed by atoms with van der Waals surface area (Å²) in [5.41, 5.74) is 1.97. The lowest BCUT2D eigenvalue weighted by molar-refractivity contribution is 0.0963. The minimum absolute atomic E-state index is 0.0257. The van der Waals surface area contributed by atoms with Gasteiger partial charge in [-0.05, 0) is 42.9 Å². The summed E-state index contributed by atoms with van der Waals surface area (Å²) in [6, 6.07) is 8.52. The Morgan fingerprint density at radius 1 is 1.15 bits per heavy atom. The van der Waals surface area contributed by atoms with Crippen LogP contribution in [0.1, 0.15) is 54.9 Å². The summed E-state index contributed by atoms with van der Waals surface area (Å²) < 4.78 is 0. The molecule has 3 nitrogen and oxygen atoms in total. The van der Waals surface area contributed by atoms with E-state index in [2.05, 4.69) is 17.6 Å². The smallest absolute Gasteiger partial charge is 0.251 e. The summed E-state index contributed by atoms with van der Waals surface area (Å²) in [5, 5.41) is 6.30. The Balaban J connectivity index is 1.83. The van der Waals surface area contributed by atoms with E-state index in [0.717, 1.165) is 18.0 Å². The molecule has 0 aromatic heterocycles. The van der Waals surface area contributed by atoms with Gasteiger partial charge in [-0.1, -0.05) is 31.9 Å². The Bertz CT molecular complexity index is 427. The summed E-state index contributed by atoms with van der Waals surface area (Å²) >= 11 is 0. The summed E-state index contributed by atoms with van der Waals surface area (Å²) in [4.78, 5) is 11.5. The van der Waals surface area contributed by atoms with Crippen molar-refractivity contribution >= 4 is 5.91 Å². The average Bonchev–Trinajstić information content (AvgIpc) is 2.69. The topological polar surface area (TPSA) is 41.1 Å². The van der Waals surface area contributed by atoms with E-state index in [1.807, 2.05) is 24.3 Å². The number of hydrogen-bond donors (Lipinski definition) is 2. The van der Waals surface area contributed by atoms with Gasteiger partial charge < -0.3 is 10.6 Å². The lowest BCUT2D eigenvalue weighted by Gasteiger charge is -2.16. The summed E-state index contributed by atoms with van der Waals surface area (Å²) in [6.45, 7) is 3.26. The van der Waals surface area contributed by atoms with Gasteiger partial charge in [-0.25, -0.2) is 0 Å². The number of rotatable bonds is 4. The Kier molecular flexibility index (Phi) is 5.60. The van der Waals surface area contributed by atoms with Gasteiger partial charge >= 0.3 is 0 Å². The van der Waals surface area contributed by atoms with Crippen molar-refractivity contribution in [2.75, 3.05) is 7.05 Å². The second-order valence-corrected chi connectivity index (χ2v) is 5.97. The van der Waals surface area contributed by atoms with Gasteiger partial charge in [-0.15, -0.1) is 0 Å². The largest absolute Gasteiger partial charge is 0.355 e. The highest BCUT2D eigenvalue weighted by Gasteiger charge is 2.15. The van der Waals surface area contributed by atoms with Crippen molar-refractivity contribution in [2.24, 2.45) is 5.92 Å². The van der Waals surface area contributed by atoms with Crippen LogP contribution in [0.15, 0.2) is 24.3 Å². The molecule has 1 aliphatic rings. The predicted molar refractivity (Wildman–Crippen MR) is 82.7 cm³/mol. The minimum atomic E-state index is -0.0257. The van der Waals surface area contributed by atoms with Crippen LogP contribution in [0.5, 0.6) is 0 Å². The van der Waals surface area contributed by atoms with E-state index in [1.54, 1.807) is 7.05 Å². The normalized spacial score (nSPS) is 23.1. The molecule has 0 saturated heterocycles. The van der Waals surface area contributed by atoms with Gasteiger partial charge in [-0.3, -0.25) is 4.79 Å². The van der Waals surface area contributed by atoms with Crippen molar-refractivity contribution in [3.63, 3.8) is 0 Å². The van der Waals surface area contributed by atoms with Crippen molar-refractivity contribution < 1.29 is 4.79 Å². The molecule has 2 atom stereocenters. The molecule has 0 radical (unpaired) electrons. The molecule has 0 spiro atoms. The van der Waals surface area contributed by atoms with Crippen LogP contribution in [0, 0.1) is 5.92 Å². The molecule has 1 aliphatic carbocycles. The Morgan fingerprint density at radius 3 is 2.60 bits per heavy atom. The van der Waals surface area contributed by atoms with Crippen LogP contribution in [0.25, 0.3) is 0 Å². The van der Waals surface area contributed by atoms with E-state index >= 15 is 0 Å². The Morgan fingerprint density at radius 2 is 1.90 bits per heavy atom. The number of nitrogens with one attached hydrogen (secondary N) is 2. The van der Waals surface area contributed by atoms with Crippen molar-refractivity contribution in [1.82, 2.24) is 10.6 Å². The number of carbonyl (C=O) groups excluding carboxylic acids is 1. The molecule has 1 amide bonds. The third kappa shape index (κ3) is 4.34. The number of amides is 1. The number of benzene rings is 1. The zero-order chi connectivity index (χ0) is 14.4. The van der Waals surface area contributed by atoms with Crippen molar-refractivity contribution in [2.45, 2.75) is 51.6 Å². The molecule has 1 fully saturated rings. The second kappa shape index (κ2) is 7.44. The van der Waals surface area contributed by atoms with E-state index in [9.17, 15) is 4.79 Å². The zero-order valence-electron chi connectivity index (χ0n) is 12.6. The molecule has 2 unspecified atom stereocenters. The van der Waals surface area contributed by atoms with Gasteiger partial charge in [0.25, 0.3) is 5.91 Å². The SMILES string of the molecule is CNC(=O)c1ccc(CNC2CCCC(C)CC2)cc1. The third-order valence-electron chi connectivity index (χ3n) is 4.30. The molecule has 2 rings (SSSR count). The van der Waals surface area contributed by atoms with Crippen LogP contribution >= 0.6 is 0 Å². The van der Waals surface area contributed by atoms with E-state index in [-0.39, 0.29) is 5.91 Å². The number of hydrogen-bond acceptors (Lipinski definition) is 2. The fraction of sp³-hybridized carbons (Fsp3) is 0.588. The highest BCUT2D eigenvalue weighted by molar-refractivity contribution is 5.93. The van der Waals surface area contributed by atoms with E-state index in [4.69, 9.17) is 0 Å². The zero-order valence-corrected chi connectivity index (χ0v) is 12.6. The first-order chi connectivity index (χ1) is 9.69. The number of carbonyl (C=O) groups is 1. The fourth-order valence-corrected chi connectivity index (χ4v) is 2.87. The van der Waals surface area contributed by atoms with Gasteiger partial charge in [-0.2, -0.15) is 0 Å². The Labute approximate surface area is 122 Å². The molecule has 110 valence electrons. The highest BCUT2D eigenvalue weighted by atomic mass is 16.1. The van der Waals surface area contributed by atoms with Crippen molar-refractivity contribution in [1.29, 1.82) is 0 Å². The van der Waals surface area contributed by atoms with E-state index in [0.29, 0.717) is 6.04 Å². The van der Waals surface area contributed by atoms with E-state index in [1.165, 1.54) is 37.7 Å². The maximum absolute atomic E-state index is 11.5. The van der Waals surface area contributed by atoms with Crippen LogP contribution in [-0.4, -0.2) is 19.0 Å². The molecule has 1 aromatic rings. The predicted octanol–water partition coefficient (Wildman–Crippen LogP) is 3.10. The van der Waals surface area contributed by atoms with Gasteiger partial charge in [0, 0.05) is 25.2 Å². The fourth-order valence-electron chi connectivity index (χ4n) is 2.87. The van der Waals surface area contributed by atoms with Crippen molar-refractivity contribution in [3.05, 3.63) is 35.4 Å². The summed E-state index contributed by atoms with van der Waals surface area (Å²) in [7, 11) is 1.66. The summed E-state index contributed by atoms with van der Waals surface area (Å²) in [6.07, 6.45) is 6.64. The minimum Gasteiger partial charge on any atom is -0.355 e. The van der Waals surface area contributed by atoms with Crippen LogP contribution in [0.2, 0.25) is 0 Å².